The van der Waals surface area contributed by atoms with Gasteiger partial charge in [0.2, 0.25) is 5.22 Å². The molecule has 104 valence electrons. The molecule has 0 spiro atoms. The molecule has 0 aliphatic carbocycles. The molecule has 0 aliphatic rings. The van der Waals surface area contributed by atoms with E-state index in [1.165, 1.54) is 12.3 Å². The summed E-state index contributed by atoms with van der Waals surface area (Å²) in [5.74, 6) is -0.428. The van der Waals surface area contributed by atoms with E-state index in [4.69, 9.17) is 27.0 Å². The lowest BCUT2D eigenvalue weighted by atomic mass is 10.2. The van der Waals surface area contributed by atoms with E-state index in [0.29, 0.717) is 15.7 Å². The SMILES string of the molecule is N/C(=N/O)c1ccc(NC(=O)c2ccoc2Cl)c(Br)c1. The second-order valence-corrected chi connectivity index (χ2v) is 4.94. The topological polar surface area (TPSA) is 101 Å². The summed E-state index contributed by atoms with van der Waals surface area (Å²) in [6.45, 7) is 0. The third-order valence-corrected chi connectivity index (χ3v) is 3.43. The molecule has 1 amide bonds. The van der Waals surface area contributed by atoms with Gasteiger partial charge in [-0.05, 0) is 51.8 Å². The number of amidine groups is 1. The fourth-order valence-corrected chi connectivity index (χ4v) is 2.16. The van der Waals surface area contributed by atoms with E-state index in [0.717, 1.165) is 0 Å². The molecular weight excluding hydrogens is 350 g/mol. The Balaban J connectivity index is 2.23. The lowest BCUT2D eigenvalue weighted by molar-refractivity contribution is 0.102. The fourth-order valence-electron chi connectivity index (χ4n) is 1.48. The third kappa shape index (κ3) is 2.94. The van der Waals surface area contributed by atoms with Crippen molar-refractivity contribution in [1.29, 1.82) is 0 Å². The van der Waals surface area contributed by atoms with Crippen LogP contribution in [0.3, 0.4) is 0 Å². The van der Waals surface area contributed by atoms with Gasteiger partial charge < -0.3 is 20.7 Å². The molecular formula is C12H9BrClN3O3. The van der Waals surface area contributed by atoms with Gasteiger partial charge >= 0.3 is 0 Å². The van der Waals surface area contributed by atoms with Gasteiger partial charge in [-0.2, -0.15) is 0 Å². The summed E-state index contributed by atoms with van der Waals surface area (Å²) in [4.78, 5) is 12.0. The van der Waals surface area contributed by atoms with Crippen molar-refractivity contribution in [3.63, 3.8) is 0 Å². The molecule has 0 fully saturated rings. The van der Waals surface area contributed by atoms with Crippen LogP contribution in [0.4, 0.5) is 5.69 Å². The first-order chi connectivity index (χ1) is 9.52. The molecule has 0 unspecified atom stereocenters. The molecule has 0 saturated carbocycles. The standard InChI is InChI=1S/C12H9BrClN3O3/c13-8-5-6(11(15)17-19)1-2-9(8)16-12(18)7-3-4-20-10(7)14/h1-5,19H,(H2,15,17)(H,16,18). The normalized spacial score (nSPS) is 11.4. The Hall–Kier alpha value is -1.99. The fraction of sp³-hybridized carbons (Fsp3) is 0. The number of oxime groups is 1. The predicted molar refractivity (Wildman–Crippen MR) is 78.3 cm³/mol. The second kappa shape index (κ2) is 5.98. The molecule has 8 heteroatoms. The zero-order valence-electron chi connectivity index (χ0n) is 9.93. The van der Waals surface area contributed by atoms with Crippen LogP contribution >= 0.6 is 27.5 Å². The van der Waals surface area contributed by atoms with Gasteiger partial charge in [-0.3, -0.25) is 4.79 Å². The molecule has 6 nitrogen and oxygen atoms in total. The predicted octanol–water partition coefficient (Wildman–Crippen LogP) is 3.04. The van der Waals surface area contributed by atoms with Crippen molar-refractivity contribution >= 4 is 45.0 Å². The van der Waals surface area contributed by atoms with Crippen molar-refractivity contribution in [2.24, 2.45) is 10.9 Å². The molecule has 20 heavy (non-hydrogen) atoms. The van der Waals surface area contributed by atoms with E-state index < -0.39 is 5.91 Å². The van der Waals surface area contributed by atoms with E-state index in [2.05, 4.69) is 26.4 Å². The number of hydrogen-bond donors (Lipinski definition) is 3. The van der Waals surface area contributed by atoms with Crippen molar-refractivity contribution in [3.8, 4) is 0 Å². The minimum atomic E-state index is -0.402. The van der Waals surface area contributed by atoms with Gasteiger partial charge in [0.05, 0.1) is 17.5 Å². The van der Waals surface area contributed by atoms with Crippen LogP contribution < -0.4 is 11.1 Å². The van der Waals surface area contributed by atoms with Crippen LogP contribution in [-0.4, -0.2) is 17.0 Å². The lowest BCUT2D eigenvalue weighted by Crippen LogP contribution is -2.14. The maximum absolute atomic E-state index is 12.0. The van der Waals surface area contributed by atoms with Crippen LogP contribution in [-0.2, 0) is 0 Å². The Morgan fingerprint density at radius 1 is 1.45 bits per heavy atom. The smallest absolute Gasteiger partial charge is 0.260 e. The van der Waals surface area contributed by atoms with E-state index in [9.17, 15) is 4.79 Å². The number of rotatable bonds is 3. The van der Waals surface area contributed by atoms with Crippen molar-refractivity contribution in [1.82, 2.24) is 0 Å². The second-order valence-electron chi connectivity index (χ2n) is 3.74. The summed E-state index contributed by atoms with van der Waals surface area (Å²) in [5, 5.41) is 14.2. The number of nitrogens with two attached hydrogens (primary N) is 1. The molecule has 2 rings (SSSR count). The first-order valence-corrected chi connectivity index (χ1v) is 6.52. The van der Waals surface area contributed by atoms with Crippen LogP contribution in [0.2, 0.25) is 5.22 Å². The Morgan fingerprint density at radius 2 is 2.20 bits per heavy atom. The number of carbonyl (C=O) groups excluding carboxylic acids is 1. The Bertz CT molecular complexity index is 684. The summed E-state index contributed by atoms with van der Waals surface area (Å²) >= 11 is 9.02. The molecule has 4 N–H and O–H groups in total. The highest BCUT2D eigenvalue weighted by molar-refractivity contribution is 9.10. The van der Waals surface area contributed by atoms with Gasteiger partial charge in [-0.1, -0.05) is 5.16 Å². The average molecular weight is 359 g/mol. The van der Waals surface area contributed by atoms with E-state index in [1.54, 1.807) is 18.2 Å². The number of hydrogen-bond acceptors (Lipinski definition) is 4. The summed E-state index contributed by atoms with van der Waals surface area (Å²) in [7, 11) is 0. The number of benzene rings is 1. The van der Waals surface area contributed by atoms with Crippen molar-refractivity contribution in [2.75, 3.05) is 5.32 Å². The highest BCUT2D eigenvalue weighted by atomic mass is 79.9. The maximum atomic E-state index is 12.0. The van der Waals surface area contributed by atoms with Crippen LogP contribution in [0, 0.1) is 0 Å². The van der Waals surface area contributed by atoms with Gasteiger partial charge in [-0.15, -0.1) is 0 Å². The van der Waals surface area contributed by atoms with Crippen LogP contribution in [0.25, 0.3) is 0 Å². The summed E-state index contributed by atoms with van der Waals surface area (Å²) in [5.41, 5.74) is 6.74. The van der Waals surface area contributed by atoms with Gasteiger partial charge in [0.1, 0.15) is 0 Å². The number of furan rings is 1. The van der Waals surface area contributed by atoms with Gasteiger partial charge in [0, 0.05) is 10.0 Å². The van der Waals surface area contributed by atoms with Gasteiger partial charge in [0.15, 0.2) is 5.84 Å². The quantitative estimate of drug-likeness (QED) is 0.340. The van der Waals surface area contributed by atoms with Gasteiger partial charge in [-0.25, -0.2) is 0 Å². The zero-order chi connectivity index (χ0) is 14.7. The largest absolute Gasteiger partial charge is 0.452 e. The summed E-state index contributed by atoms with van der Waals surface area (Å²) < 4.78 is 5.43. The van der Waals surface area contributed by atoms with Crippen molar-refractivity contribution in [2.45, 2.75) is 0 Å². The van der Waals surface area contributed by atoms with Crippen LogP contribution in [0.5, 0.6) is 0 Å². The summed E-state index contributed by atoms with van der Waals surface area (Å²) in [6, 6.07) is 6.30. The molecule has 1 aromatic heterocycles. The first kappa shape index (κ1) is 14.4. The highest BCUT2D eigenvalue weighted by Crippen LogP contribution is 2.25. The average Bonchev–Trinajstić information content (AvgIpc) is 2.86. The molecule has 0 aliphatic heterocycles. The number of anilines is 1. The molecule has 1 heterocycles. The number of carbonyl (C=O) groups is 1. The number of nitrogens with one attached hydrogen (secondary N) is 1. The van der Waals surface area contributed by atoms with Crippen LogP contribution in [0.1, 0.15) is 15.9 Å². The minimum Gasteiger partial charge on any atom is -0.452 e. The molecule has 0 atom stereocenters. The highest BCUT2D eigenvalue weighted by Gasteiger charge is 2.14. The van der Waals surface area contributed by atoms with E-state index in [-0.39, 0.29) is 16.6 Å². The van der Waals surface area contributed by atoms with Gasteiger partial charge in [0.25, 0.3) is 5.91 Å². The molecule has 0 bridgehead atoms. The number of amides is 1. The molecule has 2 aromatic rings. The zero-order valence-corrected chi connectivity index (χ0v) is 12.3. The Labute approximate surface area is 127 Å². The monoisotopic (exact) mass is 357 g/mol. The molecule has 0 radical (unpaired) electrons. The van der Waals surface area contributed by atoms with E-state index >= 15 is 0 Å². The third-order valence-electron chi connectivity index (χ3n) is 2.48. The molecule has 0 saturated heterocycles. The number of halogens is 2. The lowest BCUT2D eigenvalue weighted by Gasteiger charge is -2.08. The van der Waals surface area contributed by atoms with Crippen molar-refractivity contribution < 1.29 is 14.4 Å². The number of nitrogens with zero attached hydrogens (tertiary/aromatic N) is 1. The maximum Gasteiger partial charge on any atom is 0.260 e. The Morgan fingerprint density at radius 3 is 2.75 bits per heavy atom. The first-order valence-electron chi connectivity index (χ1n) is 5.34. The van der Waals surface area contributed by atoms with E-state index in [1.807, 2.05) is 0 Å². The van der Waals surface area contributed by atoms with Crippen molar-refractivity contribution in [3.05, 3.63) is 51.3 Å². The Kier molecular flexibility index (Phi) is 4.31. The molecule has 1 aromatic carbocycles. The summed E-state index contributed by atoms with van der Waals surface area (Å²) in [6.07, 6.45) is 1.33. The minimum absolute atomic E-state index is 0.0203. The van der Waals surface area contributed by atoms with Crippen LogP contribution in [0.15, 0.2) is 44.6 Å².